The van der Waals surface area contributed by atoms with E-state index < -0.39 is 11.7 Å². The minimum atomic E-state index is -0.418. The highest BCUT2D eigenvalue weighted by Gasteiger charge is 2.26. The molecule has 1 aromatic rings. The summed E-state index contributed by atoms with van der Waals surface area (Å²) in [4.78, 5) is 26.1. The molecule has 0 unspecified atom stereocenters. The summed E-state index contributed by atoms with van der Waals surface area (Å²) in [6.45, 7) is 7.73. The Bertz CT molecular complexity index is 493. The zero-order valence-electron chi connectivity index (χ0n) is 11.7. The molecule has 1 fully saturated rings. The molecular weight excluding hydrogens is 242 g/mol. The third kappa shape index (κ3) is 2.84. The summed E-state index contributed by atoms with van der Waals surface area (Å²) in [5, 5.41) is 0. The number of carbonyl (C=O) groups is 2. The van der Waals surface area contributed by atoms with E-state index in [2.05, 4.69) is 0 Å². The van der Waals surface area contributed by atoms with Crippen LogP contribution in [0.2, 0.25) is 0 Å². The smallest absolute Gasteiger partial charge is 0.295 e. The molecule has 1 heterocycles. The summed E-state index contributed by atoms with van der Waals surface area (Å²) < 4.78 is 5.19. The van der Waals surface area contributed by atoms with Gasteiger partial charge in [0.05, 0.1) is 13.2 Å². The van der Waals surface area contributed by atoms with Gasteiger partial charge in [0.15, 0.2) is 0 Å². The molecule has 19 heavy (non-hydrogen) atoms. The van der Waals surface area contributed by atoms with E-state index >= 15 is 0 Å². The molecule has 1 amide bonds. The first kappa shape index (κ1) is 13.7. The highest BCUT2D eigenvalue weighted by Crippen LogP contribution is 2.18. The van der Waals surface area contributed by atoms with Crippen LogP contribution < -0.4 is 0 Å². The van der Waals surface area contributed by atoms with E-state index in [4.69, 9.17) is 4.74 Å². The number of aryl methyl sites for hydroxylation is 3. The summed E-state index contributed by atoms with van der Waals surface area (Å²) in [5.74, 6) is -0.824. The van der Waals surface area contributed by atoms with Crippen LogP contribution in [0.1, 0.15) is 27.0 Å². The lowest BCUT2D eigenvalue weighted by atomic mass is 9.96. The van der Waals surface area contributed by atoms with E-state index in [1.165, 1.54) is 0 Å². The number of amides is 1. The van der Waals surface area contributed by atoms with Crippen molar-refractivity contribution in [2.24, 2.45) is 0 Å². The molecule has 1 aliphatic heterocycles. The van der Waals surface area contributed by atoms with Crippen molar-refractivity contribution in [3.63, 3.8) is 0 Å². The first-order valence-corrected chi connectivity index (χ1v) is 6.50. The van der Waals surface area contributed by atoms with Gasteiger partial charge in [0.1, 0.15) is 0 Å². The summed E-state index contributed by atoms with van der Waals surface area (Å²) in [5.41, 5.74) is 3.38. The number of benzene rings is 1. The van der Waals surface area contributed by atoms with Crippen molar-refractivity contribution in [1.29, 1.82) is 0 Å². The van der Waals surface area contributed by atoms with Gasteiger partial charge in [-0.05, 0) is 31.9 Å². The van der Waals surface area contributed by atoms with Gasteiger partial charge in [-0.2, -0.15) is 0 Å². The molecule has 0 spiro atoms. The number of Topliss-reactive ketones (excluding diaryl/α,β-unsaturated/α-hetero) is 1. The van der Waals surface area contributed by atoms with E-state index in [1.807, 2.05) is 32.9 Å². The van der Waals surface area contributed by atoms with Crippen LogP contribution in [0.4, 0.5) is 0 Å². The van der Waals surface area contributed by atoms with Crippen LogP contribution >= 0.6 is 0 Å². The summed E-state index contributed by atoms with van der Waals surface area (Å²) in [6.07, 6.45) is 0. The van der Waals surface area contributed by atoms with Gasteiger partial charge in [0.2, 0.25) is 0 Å². The summed E-state index contributed by atoms with van der Waals surface area (Å²) in [7, 11) is 0. The Balaban J connectivity index is 2.26. The average Bonchev–Trinajstić information content (AvgIpc) is 2.37. The SMILES string of the molecule is Cc1cc(C)c(C(=O)C(=O)N2CCOCC2)c(C)c1. The van der Waals surface area contributed by atoms with Crippen LogP contribution in [0.5, 0.6) is 0 Å². The number of nitrogens with zero attached hydrogens (tertiary/aromatic N) is 1. The Labute approximate surface area is 113 Å². The largest absolute Gasteiger partial charge is 0.378 e. The van der Waals surface area contributed by atoms with Crippen LogP contribution in [0.3, 0.4) is 0 Å². The number of ketones is 1. The molecular formula is C15H19NO3. The minimum absolute atomic E-state index is 0.406. The maximum absolute atomic E-state index is 12.4. The topological polar surface area (TPSA) is 46.6 Å². The maximum atomic E-state index is 12.4. The molecule has 2 rings (SSSR count). The number of hydrogen-bond donors (Lipinski definition) is 0. The van der Waals surface area contributed by atoms with Crippen LogP contribution in [-0.2, 0) is 9.53 Å². The van der Waals surface area contributed by atoms with Crippen LogP contribution in [-0.4, -0.2) is 42.9 Å². The van der Waals surface area contributed by atoms with Crippen molar-refractivity contribution >= 4 is 11.7 Å². The third-order valence-electron chi connectivity index (χ3n) is 3.40. The second-order valence-electron chi connectivity index (χ2n) is 5.01. The van der Waals surface area contributed by atoms with Crippen molar-refractivity contribution in [1.82, 2.24) is 4.90 Å². The lowest BCUT2D eigenvalue weighted by molar-refractivity contribution is -0.130. The van der Waals surface area contributed by atoms with Gasteiger partial charge in [0, 0.05) is 18.7 Å². The molecule has 102 valence electrons. The molecule has 1 aliphatic rings. The van der Waals surface area contributed by atoms with Gasteiger partial charge >= 0.3 is 0 Å². The van der Waals surface area contributed by atoms with Gasteiger partial charge in [-0.25, -0.2) is 0 Å². The maximum Gasteiger partial charge on any atom is 0.295 e. The van der Waals surface area contributed by atoms with Gasteiger partial charge < -0.3 is 9.64 Å². The summed E-state index contributed by atoms with van der Waals surface area (Å²) >= 11 is 0. The van der Waals surface area contributed by atoms with E-state index in [-0.39, 0.29) is 0 Å². The monoisotopic (exact) mass is 261 g/mol. The average molecular weight is 261 g/mol. The fraction of sp³-hybridized carbons (Fsp3) is 0.467. The predicted octanol–water partition coefficient (Wildman–Crippen LogP) is 1.65. The van der Waals surface area contributed by atoms with E-state index in [0.717, 1.165) is 16.7 Å². The minimum Gasteiger partial charge on any atom is -0.378 e. The van der Waals surface area contributed by atoms with E-state index in [1.54, 1.807) is 4.90 Å². The normalized spacial score (nSPS) is 15.4. The van der Waals surface area contributed by atoms with Crippen molar-refractivity contribution in [2.45, 2.75) is 20.8 Å². The number of morpholine rings is 1. The van der Waals surface area contributed by atoms with Crippen LogP contribution in [0, 0.1) is 20.8 Å². The van der Waals surface area contributed by atoms with Crippen molar-refractivity contribution in [3.8, 4) is 0 Å². The molecule has 0 saturated carbocycles. The molecule has 0 radical (unpaired) electrons. The van der Waals surface area contributed by atoms with E-state index in [0.29, 0.717) is 31.9 Å². The molecule has 1 aromatic carbocycles. The Morgan fingerprint density at radius 1 is 1.05 bits per heavy atom. The van der Waals surface area contributed by atoms with Crippen LogP contribution in [0.15, 0.2) is 12.1 Å². The quantitative estimate of drug-likeness (QED) is 0.601. The number of rotatable bonds is 2. The molecule has 4 nitrogen and oxygen atoms in total. The number of hydrogen-bond acceptors (Lipinski definition) is 3. The van der Waals surface area contributed by atoms with E-state index in [9.17, 15) is 9.59 Å². The number of carbonyl (C=O) groups excluding carboxylic acids is 2. The third-order valence-corrected chi connectivity index (χ3v) is 3.40. The van der Waals surface area contributed by atoms with Crippen LogP contribution in [0.25, 0.3) is 0 Å². The Morgan fingerprint density at radius 2 is 1.58 bits per heavy atom. The molecule has 4 heteroatoms. The molecule has 0 atom stereocenters. The summed E-state index contributed by atoms with van der Waals surface area (Å²) in [6, 6.07) is 3.87. The molecule has 0 N–H and O–H groups in total. The fourth-order valence-corrected chi connectivity index (χ4v) is 2.56. The molecule has 1 saturated heterocycles. The van der Waals surface area contributed by atoms with Crippen molar-refractivity contribution in [2.75, 3.05) is 26.3 Å². The van der Waals surface area contributed by atoms with Gasteiger partial charge in [-0.1, -0.05) is 17.7 Å². The first-order valence-electron chi connectivity index (χ1n) is 6.50. The highest BCUT2D eigenvalue weighted by atomic mass is 16.5. The Hall–Kier alpha value is -1.68. The van der Waals surface area contributed by atoms with Gasteiger partial charge in [-0.15, -0.1) is 0 Å². The second-order valence-corrected chi connectivity index (χ2v) is 5.01. The predicted molar refractivity (Wildman–Crippen MR) is 72.4 cm³/mol. The zero-order valence-corrected chi connectivity index (χ0v) is 11.7. The Morgan fingerprint density at radius 3 is 2.11 bits per heavy atom. The van der Waals surface area contributed by atoms with Gasteiger partial charge in [-0.3, -0.25) is 9.59 Å². The second kappa shape index (κ2) is 5.53. The lowest BCUT2D eigenvalue weighted by Crippen LogP contribution is -2.44. The zero-order chi connectivity index (χ0) is 14.0. The first-order chi connectivity index (χ1) is 9.00. The van der Waals surface area contributed by atoms with Crippen molar-refractivity contribution < 1.29 is 14.3 Å². The fourth-order valence-electron chi connectivity index (χ4n) is 2.56. The standard InChI is InChI=1S/C15H19NO3/c1-10-8-11(2)13(12(3)9-10)14(17)15(18)16-4-6-19-7-5-16/h8-9H,4-7H2,1-3H3. The molecule has 0 aromatic heterocycles. The highest BCUT2D eigenvalue weighted by molar-refractivity contribution is 6.43. The lowest BCUT2D eigenvalue weighted by Gasteiger charge is -2.26. The molecule has 0 aliphatic carbocycles. The van der Waals surface area contributed by atoms with Crippen molar-refractivity contribution in [3.05, 3.63) is 34.4 Å². The molecule has 0 bridgehead atoms. The Kier molecular flexibility index (Phi) is 4.00. The van der Waals surface area contributed by atoms with Gasteiger partial charge in [0.25, 0.3) is 11.7 Å². The number of ether oxygens (including phenoxy) is 1.